The number of rotatable bonds is 4. The Morgan fingerprint density at radius 3 is 2.48 bits per heavy atom. The van der Waals surface area contributed by atoms with Crippen molar-refractivity contribution in [1.29, 1.82) is 0 Å². The smallest absolute Gasteiger partial charge is 0.343 e. The highest BCUT2D eigenvalue weighted by Gasteiger charge is 2.26. The molecule has 3 aromatic carbocycles. The van der Waals surface area contributed by atoms with E-state index in [0.717, 1.165) is 16.3 Å². The summed E-state index contributed by atoms with van der Waals surface area (Å²) in [6, 6.07) is 20.5. The zero-order valence-corrected chi connectivity index (χ0v) is 14.8. The van der Waals surface area contributed by atoms with E-state index in [1.165, 1.54) is 6.92 Å². The van der Waals surface area contributed by atoms with Crippen LogP contribution in [0.5, 0.6) is 5.75 Å². The predicted octanol–water partition coefficient (Wildman–Crippen LogP) is 4.76. The Balaban J connectivity index is 1.96. The largest absolute Gasteiger partial charge is 0.507 e. The number of carbonyl (C=O) groups is 1. The summed E-state index contributed by atoms with van der Waals surface area (Å²) in [5.74, 6) is -0.769. The van der Waals surface area contributed by atoms with Crippen molar-refractivity contribution in [2.45, 2.75) is 19.3 Å². The summed E-state index contributed by atoms with van der Waals surface area (Å²) in [5, 5.41) is 13.4. The first-order chi connectivity index (χ1) is 13.0. The van der Waals surface area contributed by atoms with Crippen LogP contribution in [-0.2, 0) is 4.79 Å². The van der Waals surface area contributed by atoms with Gasteiger partial charge in [-0.15, -0.1) is 0 Å². The van der Waals surface area contributed by atoms with Gasteiger partial charge >= 0.3 is 5.63 Å². The molecule has 0 aliphatic carbocycles. The van der Waals surface area contributed by atoms with Gasteiger partial charge in [-0.05, 0) is 35.4 Å². The molecule has 0 aliphatic rings. The van der Waals surface area contributed by atoms with Gasteiger partial charge < -0.3 is 9.52 Å². The Labute approximate surface area is 155 Å². The number of aromatic hydroxyl groups is 1. The normalized spacial score (nSPS) is 12.3. The Bertz CT molecular complexity index is 1220. The van der Waals surface area contributed by atoms with Crippen LogP contribution in [0.2, 0.25) is 0 Å². The van der Waals surface area contributed by atoms with Crippen LogP contribution in [0, 0.1) is 0 Å². The molecule has 0 saturated heterocycles. The van der Waals surface area contributed by atoms with Crippen molar-refractivity contribution in [2.24, 2.45) is 0 Å². The summed E-state index contributed by atoms with van der Waals surface area (Å²) in [4.78, 5) is 24.6. The van der Waals surface area contributed by atoms with Crippen molar-refractivity contribution in [3.8, 4) is 5.75 Å². The molecule has 4 nitrogen and oxygen atoms in total. The first-order valence-corrected chi connectivity index (χ1v) is 8.77. The quantitative estimate of drug-likeness (QED) is 0.534. The highest BCUT2D eigenvalue weighted by Crippen LogP contribution is 2.37. The van der Waals surface area contributed by atoms with Gasteiger partial charge in [-0.2, -0.15) is 0 Å². The lowest BCUT2D eigenvalue weighted by Gasteiger charge is -2.18. The second-order valence-corrected chi connectivity index (χ2v) is 6.71. The van der Waals surface area contributed by atoms with E-state index in [4.69, 9.17) is 4.42 Å². The Morgan fingerprint density at radius 1 is 1.00 bits per heavy atom. The van der Waals surface area contributed by atoms with E-state index >= 15 is 0 Å². The third-order valence-corrected chi connectivity index (χ3v) is 4.84. The molecule has 0 aliphatic heterocycles. The molecular formula is C23H18O4. The van der Waals surface area contributed by atoms with E-state index in [-0.39, 0.29) is 23.5 Å². The highest BCUT2D eigenvalue weighted by molar-refractivity contribution is 5.86. The molecule has 4 aromatic rings. The van der Waals surface area contributed by atoms with E-state index < -0.39 is 11.5 Å². The van der Waals surface area contributed by atoms with Crippen molar-refractivity contribution >= 4 is 27.5 Å². The fourth-order valence-electron chi connectivity index (χ4n) is 3.55. The van der Waals surface area contributed by atoms with Crippen LogP contribution in [0.4, 0.5) is 0 Å². The van der Waals surface area contributed by atoms with Crippen molar-refractivity contribution in [3.63, 3.8) is 0 Å². The summed E-state index contributed by atoms with van der Waals surface area (Å²) in [7, 11) is 0. The van der Waals surface area contributed by atoms with Crippen LogP contribution in [-0.4, -0.2) is 10.9 Å². The van der Waals surface area contributed by atoms with E-state index in [2.05, 4.69) is 0 Å². The average molecular weight is 358 g/mol. The van der Waals surface area contributed by atoms with Gasteiger partial charge in [0.05, 0.1) is 10.9 Å². The van der Waals surface area contributed by atoms with Crippen LogP contribution in [0.25, 0.3) is 21.7 Å². The molecule has 134 valence electrons. The highest BCUT2D eigenvalue weighted by atomic mass is 16.4. The van der Waals surface area contributed by atoms with Crippen LogP contribution in [0.15, 0.2) is 75.9 Å². The standard InChI is InChI=1S/C23H18O4/c1-14(24)12-19(17-11-10-15-6-2-3-7-16(15)13-17)21-22(25)18-8-4-5-9-20(18)27-23(21)26/h2-11,13,19,25H,12H2,1H3/t19-/m0/s1. The Kier molecular flexibility index (Phi) is 4.24. The minimum atomic E-state index is -0.620. The minimum absolute atomic E-state index is 0.0693. The molecule has 1 N–H and O–H groups in total. The first-order valence-electron chi connectivity index (χ1n) is 8.77. The fraction of sp³-hybridized carbons (Fsp3) is 0.130. The van der Waals surface area contributed by atoms with Gasteiger partial charge in [0.15, 0.2) is 0 Å². The summed E-state index contributed by atoms with van der Waals surface area (Å²) in [5.41, 5.74) is 0.621. The van der Waals surface area contributed by atoms with Crippen LogP contribution < -0.4 is 5.63 Å². The minimum Gasteiger partial charge on any atom is -0.507 e. The van der Waals surface area contributed by atoms with Crippen molar-refractivity contribution in [3.05, 3.63) is 88.3 Å². The van der Waals surface area contributed by atoms with Crippen molar-refractivity contribution in [1.82, 2.24) is 0 Å². The third-order valence-electron chi connectivity index (χ3n) is 4.84. The van der Waals surface area contributed by atoms with Crippen LogP contribution in [0.3, 0.4) is 0 Å². The van der Waals surface area contributed by atoms with E-state index in [0.29, 0.717) is 11.0 Å². The van der Waals surface area contributed by atoms with Gasteiger partial charge in [0.2, 0.25) is 0 Å². The van der Waals surface area contributed by atoms with Crippen LogP contribution >= 0.6 is 0 Å². The lowest BCUT2D eigenvalue weighted by Crippen LogP contribution is -2.16. The van der Waals surface area contributed by atoms with Crippen molar-refractivity contribution in [2.75, 3.05) is 0 Å². The molecule has 1 heterocycles. The molecule has 0 amide bonds. The van der Waals surface area contributed by atoms with E-state index in [1.54, 1.807) is 24.3 Å². The molecule has 4 rings (SSSR count). The molecule has 1 atom stereocenters. The lowest BCUT2D eigenvalue weighted by atomic mass is 9.86. The number of hydrogen-bond donors (Lipinski definition) is 1. The van der Waals surface area contributed by atoms with Crippen LogP contribution in [0.1, 0.15) is 30.4 Å². The number of hydrogen-bond acceptors (Lipinski definition) is 4. The molecule has 0 radical (unpaired) electrons. The summed E-state index contributed by atoms with van der Waals surface area (Å²) in [6.07, 6.45) is 0.106. The fourth-order valence-corrected chi connectivity index (χ4v) is 3.55. The molecular weight excluding hydrogens is 340 g/mol. The van der Waals surface area contributed by atoms with Gasteiger partial charge in [0.1, 0.15) is 17.1 Å². The first kappa shape index (κ1) is 17.0. The monoisotopic (exact) mass is 358 g/mol. The van der Waals surface area contributed by atoms with Gasteiger partial charge in [0.25, 0.3) is 0 Å². The summed E-state index contributed by atoms with van der Waals surface area (Å²) < 4.78 is 5.42. The van der Waals surface area contributed by atoms with Gasteiger partial charge in [0, 0.05) is 12.3 Å². The number of ketones is 1. The number of fused-ring (bicyclic) bond motifs is 2. The molecule has 0 fully saturated rings. The molecule has 4 heteroatoms. The molecule has 1 aromatic heterocycles. The number of para-hydroxylation sites is 1. The van der Waals surface area contributed by atoms with E-state index in [9.17, 15) is 14.7 Å². The number of carbonyl (C=O) groups excluding carboxylic acids is 1. The molecule has 0 spiro atoms. The molecule has 0 unspecified atom stereocenters. The van der Waals surface area contributed by atoms with Crippen molar-refractivity contribution < 1.29 is 14.3 Å². The van der Waals surface area contributed by atoms with Gasteiger partial charge in [-0.1, -0.05) is 54.6 Å². The summed E-state index contributed by atoms with van der Waals surface area (Å²) in [6.45, 7) is 1.48. The Hall–Kier alpha value is -3.40. The van der Waals surface area contributed by atoms with Gasteiger partial charge in [-0.3, -0.25) is 4.79 Å². The maximum atomic E-state index is 12.7. The second kappa shape index (κ2) is 6.72. The maximum Gasteiger partial charge on any atom is 0.343 e. The maximum absolute atomic E-state index is 12.7. The second-order valence-electron chi connectivity index (χ2n) is 6.71. The molecule has 0 saturated carbocycles. The lowest BCUT2D eigenvalue weighted by molar-refractivity contribution is -0.117. The number of Topliss-reactive ketones (excluding diaryl/α,β-unsaturated/α-hetero) is 1. The predicted molar refractivity (Wildman–Crippen MR) is 105 cm³/mol. The summed E-state index contributed by atoms with van der Waals surface area (Å²) >= 11 is 0. The molecule has 27 heavy (non-hydrogen) atoms. The Morgan fingerprint density at radius 2 is 1.70 bits per heavy atom. The third kappa shape index (κ3) is 3.10. The SMILES string of the molecule is CC(=O)C[C@@H](c1ccc2ccccc2c1)c1c(O)c2ccccc2oc1=O. The van der Waals surface area contributed by atoms with E-state index in [1.807, 2.05) is 42.5 Å². The number of benzene rings is 3. The molecule has 0 bridgehead atoms. The zero-order valence-electron chi connectivity index (χ0n) is 14.8. The topological polar surface area (TPSA) is 67.5 Å². The van der Waals surface area contributed by atoms with Gasteiger partial charge in [-0.25, -0.2) is 4.79 Å². The average Bonchev–Trinajstić information content (AvgIpc) is 2.66. The zero-order chi connectivity index (χ0) is 19.0.